The summed E-state index contributed by atoms with van der Waals surface area (Å²) in [5.74, 6) is 1.27. The lowest BCUT2D eigenvalue weighted by atomic mass is 9.90. The van der Waals surface area contributed by atoms with E-state index in [9.17, 15) is 4.79 Å². The summed E-state index contributed by atoms with van der Waals surface area (Å²) >= 11 is 0. The number of carbonyl (C=O) groups excluding carboxylic acids is 1. The molecule has 3 nitrogen and oxygen atoms in total. The van der Waals surface area contributed by atoms with Crippen molar-refractivity contribution >= 4 is 6.08 Å². The first-order valence-electron chi connectivity index (χ1n) is 7.04. The molecule has 0 aromatic heterocycles. The molecule has 0 bridgehead atoms. The fourth-order valence-corrected chi connectivity index (χ4v) is 2.99. The molecule has 0 aliphatic heterocycles. The van der Waals surface area contributed by atoms with Gasteiger partial charge in [-0.15, -0.1) is 0 Å². The Balaban J connectivity index is 2.41. The number of aliphatic imine (C=N–C) groups is 1. The Morgan fingerprint density at radius 2 is 2.16 bits per heavy atom. The molecule has 102 valence electrons. The zero-order valence-electron chi connectivity index (χ0n) is 11.7. The number of ether oxygens (including phenoxy) is 1. The van der Waals surface area contributed by atoms with Crippen molar-refractivity contribution in [2.75, 3.05) is 7.11 Å². The summed E-state index contributed by atoms with van der Waals surface area (Å²) in [6.07, 6.45) is 7.45. The molecule has 2 rings (SSSR count). The van der Waals surface area contributed by atoms with Gasteiger partial charge in [0.25, 0.3) is 0 Å². The van der Waals surface area contributed by atoms with Gasteiger partial charge < -0.3 is 4.74 Å². The number of nitrogens with zero attached hydrogens (tertiary/aromatic N) is 1. The van der Waals surface area contributed by atoms with Gasteiger partial charge in [0.1, 0.15) is 5.75 Å². The van der Waals surface area contributed by atoms with Gasteiger partial charge in [-0.05, 0) is 42.9 Å². The second-order valence-electron chi connectivity index (χ2n) is 5.14. The van der Waals surface area contributed by atoms with Crippen LogP contribution in [-0.2, 0) is 11.2 Å². The molecule has 1 unspecified atom stereocenters. The highest BCUT2D eigenvalue weighted by atomic mass is 16.5. The number of isocyanates is 1. The van der Waals surface area contributed by atoms with Crippen molar-refractivity contribution in [3.63, 3.8) is 0 Å². The summed E-state index contributed by atoms with van der Waals surface area (Å²) in [4.78, 5) is 14.8. The average molecular weight is 259 g/mol. The van der Waals surface area contributed by atoms with Crippen LogP contribution in [0.3, 0.4) is 0 Å². The average Bonchev–Trinajstić information content (AvgIpc) is 2.98. The van der Waals surface area contributed by atoms with E-state index in [1.807, 2.05) is 6.07 Å². The van der Waals surface area contributed by atoms with Crippen molar-refractivity contribution in [2.24, 2.45) is 10.9 Å². The Bertz CT molecular complexity index is 472. The summed E-state index contributed by atoms with van der Waals surface area (Å²) in [7, 11) is 1.67. The monoisotopic (exact) mass is 259 g/mol. The van der Waals surface area contributed by atoms with E-state index < -0.39 is 0 Å². The molecule has 0 heterocycles. The van der Waals surface area contributed by atoms with E-state index in [4.69, 9.17) is 4.74 Å². The van der Waals surface area contributed by atoms with Crippen molar-refractivity contribution in [2.45, 2.75) is 45.1 Å². The Labute approximate surface area is 114 Å². The van der Waals surface area contributed by atoms with E-state index in [1.165, 1.54) is 18.4 Å². The highest BCUT2D eigenvalue weighted by Gasteiger charge is 2.28. The van der Waals surface area contributed by atoms with E-state index in [2.05, 4.69) is 24.0 Å². The van der Waals surface area contributed by atoms with Crippen LogP contribution in [-0.4, -0.2) is 13.2 Å². The van der Waals surface area contributed by atoms with E-state index in [0.29, 0.717) is 5.92 Å². The Morgan fingerprint density at radius 1 is 1.42 bits per heavy atom. The minimum absolute atomic E-state index is 0.0959. The largest absolute Gasteiger partial charge is 0.496 e. The highest BCUT2D eigenvalue weighted by Crippen LogP contribution is 2.41. The van der Waals surface area contributed by atoms with E-state index in [1.54, 1.807) is 13.2 Å². The zero-order valence-corrected chi connectivity index (χ0v) is 11.7. The van der Waals surface area contributed by atoms with E-state index >= 15 is 0 Å². The van der Waals surface area contributed by atoms with Gasteiger partial charge >= 0.3 is 0 Å². The first kappa shape index (κ1) is 13.8. The van der Waals surface area contributed by atoms with Gasteiger partial charge in [0.05, 0.1) is 13.2 Å². The molecule has 1 aromatic carbocycles. The normalized spacial score (nSPS) is 16.9. The van der Waals surface area contributed by atoms with Crippen LogP contribution in [0.5, 0.6) is 5.75 Å². The maximum atomic E-state index is 10.8. The number of hydrogen-bond acceptors (Lipinski definition) is 3. The van der Waals surface area contributed by atoms with Crippen LogP contribution in [0.2, 0.25) is 0 Å². The molecule has 1 fully saturated rings. The minimum atomic E-state index is -0.0959. The maximum Gasteiger partial charge on any atom is 0.235 e. The topological polar surface area (TPSA) is 38.7 Å². The molecule has 0 spiro atoms. The SMILES string of the molecule is CCc1ccc(OC)c(C(N=C=O)C2CCCC2)c1. The fraction of sp³-hybridized carbons (Fsp3) is 0.562. The standard InChI is InChI=1S/C16H21NO2/c1-3-12-8-9-15(19-2)14(10-12)16(17-11-18)13-6-4-5-7-13/h8-10,13,16H,3-7H2,1-2H3. The molecule has 1 saturated carbocycles. The molecule has 19 heavy (non-hydrogen) atoms. The van der Waals surface area contributed by atoms with Crippen LogP contribution in [0.15, 0.2) is 23.2 Å². The summed E-state index contributed by atoms with van der Waals surface area (Å²) < 4.78 is 5.44. The second-order valence-corrected chi connectivity index (χ2v) is 5.14. The van der Waals surface area contributed by atoms with E-state index in [-0.39, 0.29) is 6.04 Å². The van der Waals surface area contributed by atoms with Crippen molar-refractivity contribution in [3.05, 3.63) is 29.3 Å². The number of benzene rings is 1. The number of hydrogen-bond donors (Lipinski definition) is 0. The van der Waals surface area contributed by atoms with Gasteiger partial charge in [-0.2, -0.15) is 4.99 Å². The molecule has 1 aliphatic rings. The molecule has 1 aliphatic carbocycles. The Morgan fingerprint density at radius 3 is 2.74 bits per heavy atom. The third kappa shape index (κ3) is 3.05. The van der Waals surface area contributed by atoms with Gasteiger partial charge in [-0.3, -0.25) is 0 Å². The van der Waals surface area contributed by atoms with Crippen molar-refractivity contribution in [1.82, 2.24) is 0 Å². The molecule has 0 radical (unpaired) electrons. The van der Waals surface area contributed by atoms with Crippen LogP contribution >= 0.6 is 0 Å². The highest BCUT2D eigenvalue weighted by molar-refractivity contribution is 5.43. The summed E-state index contributed by atoms with van der Waals surface area (Å²) in [6.45, 7) is 2.12. The van der Waals surface area contributed by atoms with Gasteiger partial charge in [0, 0.05) is 5.56 Å². The predicted octanol–water partition coefficient (Wildman–Crippen LogP) is 3.82. The van der Waals surface area contributed by atoms with E-state index in [0.717, 1.165) is 30.6 Å². The fourth-order valence-electron chi connectivity index (χ4n) is 2.99. The van der Waals surface area contributed by atoms with Gasteiger partial charge in [-0.25, -0.2) is 4.79 Å². The van der Waals surface area contributed by atoms with Crippen LogP contribution in [0.1, 0.15) is 49.8 Å². The predicted molar refractivity (Wildman–Crippen MR) is 75.2 cm³/mol. The van der Waals surface area contributed by atoms with Crippen LogP contribution in [0.4, 0.5) is 0 Å². The molecule has 0 amide bonds. The molecule has 1 aromatic rings. The zero-order chi connectivity index (χ0) is 13.7. The first-order chi connectivity index (χ1) is 9.30. The first-order valence-corrected chi connectivity index (χ1v) is 7.04. The number of aryl methyl sites for hydroxylation is 1. The summed E-state index contributed by atoms with van der Waals surface area (Å²) in [5.41, 5.74) is 2.29. The lowest BCUT2D eigenvalue weighted by Crippen LogP contribution is -2.09. The molecular formula is C16H21NO2. The quantitative estimate of drug-likeness (QED) is 0.595. The molecule has 3 heteroatoms. The smallest absolute Gasteiger partial charge is 0.235 e. The number of methoxy groups -OCH3 is 1. The van der Waals surface area contributed by atoms with Crippen LogP contribution < -0.4 is 4.74 Å². The third-order valence-electron chi connectivity index (χ3n) is 4.06. The van der Waals surface area contributed by atoms with Gasteiger partial charge in [-0.1, -0.05) is 25.8 Å². The Hall–Kier alpha value is -1.60. The third-order valence-corrected chi connectivity index (χ3v) is 4.06. The lowest BCUT2D eigenvalue weighted by molar-refractivity contribution is 0.385. The molecule has 0 saturated heterocycles. The second kappa shape index (κ2) is 6.53. The lowest BCUT2D eigenvalue weighted by Gasteiger charge is -2.21. The van der Waals surface area contributed by atoms with Crippen molar-refractivity contribution in [1.29, 1.82) is 0 Å². The summed E-state index contributed by atoms with van der Waals surface area (Å²) in [6, 6.07) is 6.08. The molecular weight excluding hydrogens is 238 g/mol. The minimum Gasteiger partial charge on any atom is -0.496 e. The summed E-state index contributed by atoms with van der Waals surface area (Å²) in [5, 5.41) is 0. The molecule has 0 N–H and O–H groups in total. The van der Waals surface area contributed by atoms with Crippen molar-refractivity contribution in [3.8, 4) is 5.75 Å². The maximum absolute atomic E-state index is 10.8. The van der Waals surface area contributed by atoms with Crippen molar-refractivity contribution < 1.29 is 9.53 Å². The van der Waals surface area contributed by atoms with Crippen LogP contribution in [0.25, 0.3) is 0 Å². The molecule has 1 atom stereocenters. The number of rotatable bonds is 5. The van der Waals surface area contributed by atoms with Gasteiger partial charge in [0.15, 0.2) is 0 Å². The Kier molecular flexibility index (Phi) is 4.75. The van der Waals surface area contributed by atoms with Gasteiger partial charge in [0.2, 0.25) is 6.08 Å². The van der Waals surface area contributed by atoms with Crippen LogP contribution in [0, 0.1) is 5.92 Å².